The Balaban J connectivity index is 3.15. The van der Waals surface area contributed by atoms with Gasteiger partial charge in [0.2, 0.25) is 0 Å². The minimum atomic E-state index is -1.43. The van der Waals surface area contributed by atoms with Gasteiger partial charge in [-0.05, 0) is 41.4 Å². The van der Waals surface area contributed by atoms with E-state index < -0.39 is 10.0 Å². The van der Waals surface area contributed by atoms with E-state index in [1.807, 2.05) is 6.92 Å². The van der Waals surface area contributed by atoms with Gasteiger partial charge in [-0.15, -0.1) is 0 Å². The van der Waals surface area contributed by atoms with Crippen molar-refractivity contribution < 1.29 is 4.21 Å². The van der Waals surface area contributed by atoms with Crippen molar-refractivity contribution in [3.05, 3.63) is 28.8 Å². The van der Waals surface area contributed by atoms with Gasteiger partial charge in [0.25, 0.3) is 0 Å². The van der Waals surface area contributed by atoms with E-state index in [1.165, 1.54) is 0 Å². The average Bonchev–Trinajstić information content (AvgIpc) is 1.94. The van der Waals surface area contributed by atoms with E-state index in [2.05, 4.69) is 0 Å². The molecule has 0 aromatic heterocycles. The lowest BCUT2D eigenvalue weighted by molar-refractivity contribution is 0.691. The lowest BCUT2D eigenvalue weighted by Gasteiger charge is -1.98. The average molecular weight is 209 g/mol. The van der Waals surface area contributed by atoms with E-state index >= 15 is 0 Å². The van der Waals surface area contributed by atoms with Crippen LogP contribution < -0.4 is 0 Å². The lowest BCUT2D eigenvalue weighted by Crippen LogP contribution is -1.83. The standard InChI is InChI=1S/C7H6Cl2OS/c1-5-4-6(11(9)10)2-3-7(5)8/h2-4H,1H3. The molecular weight excluding hydrogens is 203 g/mol. The molecule has 11 heavy (non-hydrogen) atoms. The molecule has 0 bridgehead atoms. The molecule has 0 aliphatic rings. The molecule has 0 aliphatic heterocycles. The van der Waals surface area contributed by atoms with Crippen LogP contribution in [0.25, 0.3) is 0 Å². The molecule has 60 valence electrons. The van der Waals surface area contributed by atoms with Crippen molar-refractivity contribution in [2.45, 2.75) is 11.8 Å². The summed E-state index contributed by atoms with van der Waals surface area (Å²) in [5.41, 5.74) is 0.887. The first-order valence-corrected chi connectivity index (χ1v) is 5.31. The predicted octanol–water partition coefficient (Wildman–Crippen LogP) is 2.91. The van der Waals surface area contributed by atoms with Crippen LogP contribution in [0, 0.1) is 6.92 Å². The summed E-state index contributed by atoms with van der Waals surface area (Å²) in [4.78, 5) is 0.591. The van der Waals surface area contributed by atoms with Crippen LogP contribution in [0.1, 0.15) is 5.56 Å². The predicted molar refractivity (Wildman–Crippen MR) is 48.5 cm³/mol. The molecule has 0 fully saturated rings. The Hall–Kier alpha value is -0.0500. The Morgan fingerprint density at radius 1 is 1.45 bits per heavy atom. The summed E-state index contributed by atoms with van der Waals surface area (Å²) in [6.07, 6.45) is 0. The summed E-state index contributed by atoms with van der Waals surface area (Å²) in [5.74, 6) is 0. The van der Waals surface area contributed by atoms with Gasteiger partial charge < -0.3 is 0 Å². The fraction of sp³-hybridized carbons (Fsp3) is 0.143. The number of aryl methyl sites for hydroxylation is 1. The van der Waals surface area contributed by atoms with Gasteiger partial charge in [0.1, 0.15) is 10.0 Å². The Morgan fingerprint density at radius 2 is 2.09 bits per heavy atom. The van der Waals surface area contributed by atoms with Gasteiger partial charge >= 0.3 is 0 Å². The molecule has 0 spiro atoms. The second-order valence-corrected chi connectivity index (χ2v) is 4.30. The van der Waals surface area contributed by atoms with Crippen molar-refractivity contribution in [3.8, 4) is 0 Å². The smallest absolute Gasteiger partial charge is 0.147 e. The molecule has 1 nitrogen and oxygen atoms in total. The zero-order valence-corrected chi connectivity index (χ0v) is 8.13. The van der Waals surface area contributed by atoms with Crippen LogP contribution in [0.4, 0.5) is 0 Å². The van der Waals surface area contributed by atoms with E-state index in [0.717, 1.165) is 5.56 Å². The fourth-order valence-corrected chi connectivity index (χ4v) is 1.57. The third kappa shape index (κ3) is 2.19. The highest BCUT2D eigenvalue weighted by Crippen LogP contribution is 2.19. The number of benzene rings is 1. The molecular formula is C7H6Cl2OS. The molecule has 1 aromatic rings. The SMILES string of the molecule is Cc1cc(S(=O)Cl)ccc1Cl. The highest BCUT2D eigenvalue weighted by atomic mass is 35.7. The van der Waals surface area contributed by atoms with E-state index in [0.29, 0.717) is 9.92 Å². The van der Waals surface area contributed by atoms with E-state index in [1.54, 1.807) is 18.2 Å². The van der Waals surface area contributed by atoms with Gasteiger partial charge in [-0.2, -0.15) is 0 Å². The van der Waals surface area contributed by atoms with Crippen LogP contribution in [0.15, 0.2) is 23.1 Å². The van der Waals surface area contributed by atoms with Gasteiger partial charge in [0, 0.05) is 5.02 Å². The molecule has 0 aliphatic carbocycles. The van der Waals surface area contributed by atoms with Gasteiger partial charge in [0.05, 0.1) is 4.90 Å². The maximum absolute atomic E-state index is 10.7. The van der Waals surface area contributed by atoms with Crippen molar-refractivity contribution in [1.29, 1.82) is 0 Å². The van der Waals surface area contributed by atoms with E-state index in [-0.39, 0.29) is 0 Å². The van der Waals surface area contributed by atoms with Crippen molar-refractivity contribution in [3.63, 3.8) is 0 Å². The third-order valence-corrected chi connectivity index (χ3v) is 2.90. The van der Waals surface area contributed by atoms with Crippen LogP contribution in [-0.4, -0.2) is 4.21 Å². The Labute approximate surface area is 77.3 Å². The molecule has 1 atom stereocenters. The summed E-state index contributed by atoms with van der Waals surface area (Å²) in [6, 6.07) is 5.05. The molecule has 0 radical (unpaired) electrons. The second kappa shape index (κ2) is 3.57. The van der Waals surface area contributed by atoms with E-state index in [9.17, 15) is 4.21 Å². The number of halogens is 2. The Kier molecular flexibility index (Phi) is 2.93. The maximum atomic E-state index is 10.7. The quantitative estimate of drug-likeness (QED) is 0.650. The lowest BCUT2D eigenvalue weighted by atomic mass is 10.2. The Bertz CT molecular complexity index is 298. The number of rotatable bonds is 1. The van der Waals surface area contributed by atoms with Gasteiger partial charge in [-0.1, -0.05) is 11.6 Å². The van der Waals surface area contributed by atoms with Gasteiger partial charge in [-0.3, -0.25) is 0 Å². The number of hydrogen-bond donors (Lipinski definition) is 0. The highest BCUT2D eigenvalue weighted by molar-refractivity contribution is 8.08. The zero-order chi connectivity index (χ0) is 8.43. The monoisotopic (exact) mass is 208 g/mol. The zero-order valence-electron chi connectivity index (χ0n) is 5.80. The summed E-state index contributed by atoms with van der Waals surface area (Å²) >= 11 is 5.74. The first kappa shape index (κ1) is 9.04. The van der Waals surface area contributed by atoms with Crippen LogP contribution in [0.3, 0.4) is 0 Å². The largest absolute Gasteiger partial charge is 0.237 e. The first-order valence-electron chi connectivity index (χ1n) is 2.95. The van der Waals surface area contributed by atoms with Crippen molar-refractivity contribution in [2.24, 2.45) is 0 Å². The van der Waals surface area contributed by atoms with Crippen molar-refractivity contribution in [2.75, 3.05) is 0 Å². The second-order valence-electron chi connectivity index (χ2n) is 2.13. The molecule has 1 rings (SSSR count). The number of hydrogen-bond acceptors (Lipinski definition) is 1. The molecule has 0 N–H and O–H groups in total. The Morgan fingerprint density at radius 3 is 2.55 bits per heavy atom. The van der Waals surface area contributed by atoms with Crippen molar-refractivity contribution in [1.82, 2.24) is 0 Å². The minimum Gasteiger partial charge on any atom is -0.237 e. The molecule has 0 saturated heterocycles. The normalized spacial score (nSPS) is 13.0. The minimum absolute atomic E-state index is 0.591. The molecule has 1 unspecified atom stereocenters. The van der Waals surface area contributed by atoms with E-state index in [4.69, 9.17) is 22.3 Å². The molecule has 0 saturated carbocycles. The third-order valence-electron chi connectivity index (χ3n) is 1.31. The van der Waals surface area contributed by atoms with Crippen molar-refractivity contribution >= 4 is 32.3 Å². The topological polar surface area (TPSA) is 17.1 Å². The summed E-state index contributed by atoms with van der Waals surface area (Å²) in [6.45, 7) is 1.84. The molecule has 4 heteroatoms. The fourth-order valence-electron chi connectivity index (χ4n) is 0.717. The van der Waals surface area contributed by atoms with Crippen LogP contribution in [0.5, 0.6) is 0 Å². The first-order chi connectivity index (χ1) is 5.11. The van der Waals surface area contributed by atoms with Crippen LogP contribution in [0.2, 0.25) is 5.02 Å². The summed E-state index contributed by atoms with van der Waals surface area (Å²) in [7, 11) is 3.92. The van der Waals surface area contributed by atoms with Crippen LogP contribution >= 0.6 is 22.3 Å². The van der Waals surface area contributed by atoms with Gasteiger partial charge in [-0.25, -0.2) is 4.21 Å². The summed E-state index contributed by atoms with van der Waals surface area (Å²) in [5, 5.41) is 0.663. The molecule has 0 heterocycles. The highest BCUT2D eigenvalue weighted by Gasteiger charge is 2.01. The molecule has 0 amide bonds. The van der Waals surface area contributed by atoms with Crippen LogP contribution in [-0.2, 0) is 10.0 Å². The maximum Gasteiger partial charge on any atom is 0.147 e. The van der Waals surface area contributed by atoms with Gasteiger partial charge in [0.15, 0.2) is 0 Å². The molecule has 1 aromatic carbocycles. The summed E-state index contributed by atoms with van der Waals surface area (Å²) < 4.78 is 10.7.